The second-order valence-corrected chi connectivity index (χ2v) is 3.61. The SMILES string of the molecule is CCCCN(CC)CC(N)C(=O)OCC. The topological polar surface area (TPSA) is 55.6 Å². The molecule has 1 atom stereocenters. The van der Waals surface area contributed by atoms with Crippen LogP contribution in [0, 0.1) is 0 Å². The first kappa shape index (κ1) is 14.4. The second kappa shape index (κ2) is 8.68. The highest BCUT2D eigenvalue weighted by molar-refractivity contribution is 5.75. The highest BCUT2D eigenvalue weighted by Crippen LogP contribution is 1.97. The van der Waals surface area contributed by atoms with Crippen LogP contribution in [0.15, 0.2) is 0 Å². The Hall–Kier alpha value is -0.610. The number of hydrogen-bond acceptors (Lipinski definition) is 4. The lowest BCUT2D eigenvalue weighted by Crippen LogP contribution is -2.43. The van der Waals surface area contributed by atoms with E-state index < -0.39 is 6.04 Å². The number of esters is 1. The highest BCUT2D eigenvalue weighted by atomic mass is 16.5. The number of ether oxygens (including phenoxy) is 1. The molecule has 0 heterocycles. The van der Waals surface area contributed by atoms with E-state index in [1.54, 1.807) is 6.92 Å². The molecule has 90 valence electrons. The van der Waals surface area contributed by atoms with Gasteiger partial charge in [0.2, 0.25) is 0 Å². The van der Waals surface area contributed by atoms with Gasteiger partial charge in [0.25, 0.3) is 0 Å². The van der Waals surface area contributed by atoms with Crippen LogP contribution in [0.2, 0.25) is 0 Å². The van der Waals surface area contributed by atoms with E-state index >= 15 is 0 Å². The van der Waals surface area contributed by atoms with Crippen molar-refractivity contribution in [1.29, 1.82) is 0 Å². The Morgan fingerprint density at radius 2 is 2.07 bits per heavy atom. The van der Waals surface area contributed by atoms with Gasteiger partial charge in [-0.25, -0.2) is 0 Å². The monoisotopic (exact) mass is 216 g/mol. The van der Waals surface area contributed by atoms with E-state index in [2.05, 4.69) is 18.7 Å². The van der Waals surface area contributed by atoms with Crippen LogP contribution in [-0.4, -0.2) is 43.2 Å². The molecule has 0 saturated carbocycles. The van der Waals surface area contributed by atoms with Crippen molar-refractivity contribution < 1.29 is 9.53 Å². The molecule has 0 fully saturated rings. The molecule has 0 saturated heterocycles. The van der Waals surface area contributed by atoms with Crippen molar-refractivity contribution in [1.82, 2.24) is 4.90 Å². The van der Waals surface area contributed by atoms with Gasteiger partial charge in [-0.15, -0.1) is 0 Å². The zero-order chi connectivity index (χ0) is 11.7. The van der Waals surface area contributed by atoms with Gasteiger partial charge in [0.1, 0.15) is 6.04 Å². The summed E-state index contributed by atoms with van der Waals surface area (Å²) in [6.07, 6.45) is 2.30. The van der Waals surface area contributed by atoms with Crippen LogP contribution in [0.4, 0.5) is 0 Å². The van der Waals surface area contributed by atoms with Gasteiger partial charge in [-0.3, -0.25) is 4.79 Å². The summed E-state index contributed by atoms with van der Waals surface area (Å²) in [5.41, 5.74) is 5.74. The fraction of sp³-hybridized carbons (Fsp3) is 0.909. The predicted molar refractivity (Wildman–Crippen MR) is 61.6 cm³/mol. The van der Waals surface area contributed by atoms with Crippen molar-refractivity contribution >= 4 is 5.97 Å². The summed E-state index contributed by atoms with van der Waals surface area (Å²) in [5.74, 6) is -0.299. The van der Waals surface area contributed by atoms with E-state index in [0.717, 1.165) is 25.9 Å². The number of likely N-dealkylation sites (N-methyl/N-ethyl adjacent to an activating group) is 1. The number of nitrogens with zero attached hydrogens (tertiary/aromatic N) is 1. The molecule has 0 aromatic carbocycles. The molecule has 0 aliphatic heterocycles. The summed E-state index contributed by atoms with van der Waals surface area (Å²) in [4.78, 5) is 13.5. The van der Waals surface area contributed by atoms with Crippen LogP contribution < -0.4 is 5.73 Å². The Balaban J connectivity index is 3.88. The third-order valence-corrected chi connectivity index (χ3v) is 2.32. The van der Waals surface area contributed by atoms with Crippen molar-refractivity contribution in [3.8, 4) is 0 Å². The molecule has 0 bridgehead atoms. The molecule has 0 aromatic rings. The molecule has 0 amide bonds. The summed E-state index contributed by atoms with van der Waals surface area (Å²) in [7, 11) is 0. The van der Waals surface area contributed by atoms with Gasteiger partial charge in [0.05, 0.1) is 6.61 Å². The smallest absolute Gasteiger partial charge is 0.324 e. The van der Waals surface area contributed by atoms with E-state index in [-0.39, 0.29) is 5.97 Å². The molecule has 0 aromatic heterocycles. The first-order chi connectivity index (χ1) is 7.15. The molecular formula is C11H24N2O2. The van der Waals surface area contributed by atoms with Gasteiger partial charge in [0.15, 0.2) is 0 Å². The Morgan fingerprint density at radius 3 is 2.53 bits per heavy atom. The maximum absolute atomic E-state index is 11.3. The average molecular weight is 216 g/mol. The summed E-state index contributed by atoms with van der Waals surface area (Å²) >= 11 is 0. The van der Waals surface area contributed by atoms with Gasteiger partial charge < -0.3 is 15.4 Å². The van der Waals surface area contributed by atoms with Crippen LogP contribution in [0.3, 0.4) is 0 Å². The molecule has 2 N–H and O–H groups in total. The molecule has 0 aliphatic carbocycles. The summed E-state index contributed by atoms with van der Waals surface area (Å²) in [6, 6.07) is -0.512. The molecule has 4 heteroatoms. The maximum atomic E-state index is 11.3. The standard InChI is InChI=1S/C11H24N2O2/c1-4-7-8-13(5-2)9-10(12)11(14)15-6-3/h10H,4-9,12H2,1-3H3. The lowest BCUT2D eigenvalue weighted by molar-refractivity contribution is -0.145. The zero-order valence-corrected chi connectivity index (χ0v) is 10.2. The number of carbonyl (C=O) groups excluding carboxylic acids is 1. The fourth-order valence-electron chi connectivity index (χ4n) is 1.36. The Bertz CT molecular complexity index is 174. The zero-order valence-electron chi connectivity index (χ0n) is 10.2. The van der Waals surface area contributed by atoms with E-state index in [0.29, 0.717) is 13.2 Å². The molecule has 15 heavy (non-hydrogen) atoms. The third kappa shape index (κ3) is 6.47. The largest absolute Gasteiger partial charge is 0.465 e. The Kier molecular flexibility index (Phi) is 8.33. The number of rotatable bonds is 8. The number of carbonyl (C=O) groups is 1. The quantitative estimate of drug-likeness (QED) is 0.615. The van der Waals surface area contributed by atoms with Crippen LogP contribution in [0.1, 0.15) is 33.6 Å². The van der Waals surface area contributed by atoms with Gasteiger partial charge in [0, 0.05) is 6.54 Å². The minimum Gasteiger partial charge on any atom is -0.465 e. The fourth-order valence-corrected chi connectivity index (χ4v) is 1.36. The molecule has 0 aliphatic rings. The van der Waals surface area contributed by atoms with Gasteiger partial charge in [-0.2, -0.15) is 0 Å². The third-order valence-electron chi connectivity index (χ3n) is 2.32. The lowest BCUT2D eigenvalue weighted by Gasteiger charge is -2.22. The van der Waals surface area contributed by atoms with Crippen LogP contribution in [0.25, 0.3) is 0 Å². The lowest BCUT2D eigenvalue weighted by atomic mass is 10.2. The minimum absolute atomic E-state index is 0.299. The van der Waals surface area contributed by atoms with Crippen molar-refractivity contribution in [2.24, 2.45) is 5.73 Å². The second-order valence-electron chi connectivity index (χ2n) is 3.61. The molecule has 0 spiro atoms. The van der Waals surface area contributed by atoms with Gasteiger partial charge in [-0.05, 0) is 26.4 Å². The Labute approximate surface area is 92.8 Å². The molecule has 0 radical (unpaired) electrons. The summed E-state index contributed by atoms with van der Waals surface area (Å²) in [6.45, 7) is 8.93. The molecule has 1 unspecified atom stereocenters. The van der Waals surface area contributed by atoms with Crippen molar-refractivity contribution in [2.45, 2.75) is 39.7 Å². The van der Waals surface area contributed by atoms with E-state index in [4.69, 9.17) is 10.5 Å². The van der Waals surface area contributed by atoms with E-state index in [1.807, 2.05) is 0 Å². The van der Waals surface area contributed by atoms with Crippen molar-refractivity contribution in [3.63, 3.8) is 0 Å². The number of nitrogens with two attached hydrogens (primary N) is 1. The van der Waals surface area contributed by atoms with E-state index in [1.165, 1.54) is 0 Å². The van der Waals surface area contributed by atoms with Crippen LogP contribution in [0.5, 0.6) is 0 Å². The maximum Gasteiger partial charge on any atom is 0.324 e. The van der Waals surface area contributed by atoms with Crippen LogP contribution in [-0.2, 0) is 9.53 Å². The van der Waals surface area contributed by atoms with Crippen molar-refractivity contribution in [2.75, 3.05) is 26.2 Å². The first-order valence-electron chi connectivity index (χ1n) is 5.80. The van der Waals surface area contributed by atoms with Gasteiger partial charge in [-0.1, -0.05) is 20.3 Å². The molecular weight excluding hydrogens is 192 g/mol. The Morgan fingerprint density at radius 1 is 1.40 bits per heavy atom. The summed E-state index contributed by atoms with van der Waals surface area (Å²) < 4.78 is 4.86. The minimum atomic E-state index is -0.512. The van der Waals surface area contributed by atoms with E-state index in [9.17, 15) is 4.79 Å². The number of hydrogen-bond donors (Lipinski definition) is 1. The van der Waals surface area contributed by atoms with Crippen molar-refractivity contribution in [3.05, 3.63) is 0 Å². The summed E-state index contributed by atoms with van der Waals surface area (Å²) in [5, 5.41) is 0. The predicted octanol–water partition coefficient (Wildman–Crippen LogP) is 0.999. The normalized spacial score (nSPS) is 12.9. The van der Waals surface area contributed by atoms with Gasteiger partial charge >= 0.3 is 5.97 Å². The van der Waals surface area contributed by atoms with Crippen LogP contribution >= 0.6 is 0 Å². The molecule has 4 nitrogen and oxygen atoms in total. The average Bonchev–Trinajstić information content (AvgIpc) is 2.24. The molecule has 0 rings (SSSR count). The first-order valence-corrected chi connectivity index (χ1v) is 5.80. The number of unbranched alkanes of at least 4 members (excludes halogenated alkanes) is 1. The highest BCUT2D eigenvalue weighted by Gasteiger charge is 2.17.